The number of likely N-dealkylation sites (N-methyl/N-ethyl adjacent to an activating group) is 1. The normalized spacial score (nSPS) is 15.3. The van der Waals surface area contributed by atoms with E-state index in [2.05, 4.69) is 51.3 Å². The number of nitrogens with zero attached hydrogens (tertiary/aromatic N) is 4. The van der Waals surface area contributed by atoms with Crippen LogP contribution in [0.2, 0.25) is 5.02 Å². The van der Waals surface area contributed by atoms with E-state index >= 15 is 0 Å². The summed E-state index contributed by atoms with van der Waals surface area (Å²) in [6.45, 7) is 8.23. The molecule has 2 aromatic carbocycles. The third-order valence-electron chi connectivity index (χ3n) is 6.72. The van der Waals surface area contributed by atoms with Gasteiger partial charge in [-0.3, -0.25) is 9.69 Å². The minimum Gasteiger partial charge on any atom is -0.340 e. The summed E-state index contributed by atoms with van der Waals surface area (Å²) >= 11 is 7.61. The average Bonchev–Trinajstić information content (AvgIpc) is 2.85. The SMILES string of the molecule is CSCCC(=O)Nc1cc2c(Nc3ccc(F)c(Cl)c3)ncnc2cc1C(C)(C)N1CCN(C)CC1. The number of aromatic nitrogens is 2. The predicted octanol–water partition coefficient (Wildman–Crippen LogP) is 5.34. The standard InChI is InChI=1S/C26H32ClFN6OS/c1-26(2,34-10-8-33(3)9-11-34)19-15-22-18(14-23(19)32-24(35)7-12-36-4)25(30-16-29-22)31-17-5-6-21(28)20(27)13-17/h5-6,13-16H,7-12H2,1-4H3,(H,32,35)(H,29,30,31). The lowest BCUT2D eigenvalue weighted by Crippen LogP contribution is -2.52. The highest BCUT2D eigenvalue weighted by Gasteiger charge is 2.33. The molecule has 2 heterocycles. The van der Waals surface area contributed by atoms with Crippen LogP contribution in [0.5, 0.6) is 0 Å². The number of hydrogen-bond acceptors (Lipinski definition) is 7. The molecular formula is C26H32ClFN6OS. The molecule has 0 saturated carbocycles. The molecule has 0 unspecified atom stereocenters. The topological polar surface area (TPSA) is 73.4 Å². The van der Waals surface area contributed by atoms with E-state index in [1.54, 1.807) is 17.8 Å². The van der Waals surface area contributed by atoms with Crippen molar-refractivity contribution in [1.29, 1.82) is 0 Å². The first kappa shape index (κ1) is 26.6. The molecule has 0 aliphatic carbocycles. The minimum atomic E-state index is -0.485. The Hall–Kier alpha value is -2.46. The van der Waals surface area contributed by atoms with Crippen LogP contribution in [-0.4, -0.2) is 70.9 Å². The monoisotopic (exact) mass is 530 g/mol. The predicted molar refractivity (Wildman–Crippen MR) is 148 cm³/mol. The van der Waals surface area contributed by atoms with Crippen LogP contribution in [0.4, 0.5) is 21.6 Å². The maximum atomic E-state index is 13.7. The molecule has 3 aromatic rings. The lowest BCUT2D eigenvalue weighted by Gasteiger charge is -2.44. The Balaban J connectivity index is 1.77. The molecule has 0 bridgehead atoms. The van der Waals surface area contributed by atoms with Gasteiger partial charge in [0.15, 0.2) is 0 Å². The first-order valence-corrected chi connectivity index (χ1v) is 13.7. The van der Waals surface area contributed by atoms with Crippen LogP contribution in [0.3, 0.4) is 0 Å². The summed E-state index contributed by atoms with van der Waals surface area (Å²) in [6.07, 6.45) is 3.92. The Kier molecular flexibility index (Phi) is 8.34. The summed E-state index contributed by atoms with van der Waals surface area (Å²) < 4.78 is 13.7. The molecule has 0 radical (unpaired) electrons. The number of thioether (sulfide) groups is 1. The van der Waals surface area contributed by atoms with Gasteiger partial charge in [-0.25, -0.2) is 14.4 Å². The molecule has 2 N–H and O–H groups in total. The third-order valence-corrected chi connectivity index (χ3v) is 7.62. The minimum absolute atomic E-state index is 0.0244. The first-order chi connectivity index (χ1) is 17.2. The molecule has 192 valence electrons. The van der Waals surface area contributed by atoms with E-state index < -0.39 is 5.82 Å². The van der Waals surface area contributed by atoms with Crippen LogP contribution in [0, 0.1) is 5.82 Å². The van der Waals surface area contributed by atoms with Gasteiger partial charge in [-0.1, -0.05) is 11.6 Å². The third kappa shape index (κ3) is 5.91. The summed E-state index contributed by atoms with van der Waals surface area (Å²) in [5, 5.41) is 7.15. The second kappa shape index (κ2) is 11.3. The Morgan fingerprint density at radius 1 is 1.17 bits per heavy atom. The Bertz CT molecular complexity index is 1250. The van der Waals surface area contributed by atoms with Gasteiger partial charge in [-0.05, 0) is 63.0 Å². The van der Waals surface area contributed by atoms with Crippen LogP contribution < -0.4 is 10.6 Å². The maximum Gasteiger partial charge on any atom is 0.225 e. The van der Waals surface area contributed by atoms with Crippen LogP contribution >= 0.6 is 23.4 Å². The zero-order chi connectivity index (χ0) is 25.9. The first-order valence-electron chi connectivity index (χ1n) is 11.9. The highest BCUT2D eigenvalue weighted by molar-refractivity contribution is 7.98. The van der Waals surface area contributed by atoms with Gasteiger partial charge in [0.1, 0.15) is 18.0 Å². The zero-order valence-electron chi connectivity index (χ0n) is 21.1. The number of fused-ring (bicyclic) bond motifs is 1. The molecule has 1 aliphatic heterocycles. The molecule has 1 fully saturated rings. The smallest absolute Gasteiger partial charge is 0.225 e. The molecule has 36 heavy (non-hydrogen) atoms. The van der Waals surface area contributed by atoms with Gasteiger partial charge in [-0.2, -0.15) is 11.8 Å². The Morgan fingerprint density at radius 3 is 2.61 bits per heavy atom. The van der Waals surface area contributed by atoms with Crippen molar-refractivity contribution in [3.63, 3.8) is 0 Å². The molecule has 1 saturated heterocycles. The molecule has 1 aromatic heterocycles. The van der Waals surface area contributed by atoms with Crippen molar-refractivity contribution in [2.45, 2.75) is 25.8 Å². The van der Waals surface area contributed by atoms with Crippen molar-refractivity contribution in [3.8, 4) is 0 Å². The fourth-order valence-corrected chi connectivity index (χ4v) is 5.04. The van der Waals surface area contributed by atoms with Gasteiger partial charge in [0.25, 0.3) is 0 Å². The fraction of sp³-hybridized carbons (Fsp3) is 0.423. The average molecular weight is 531 g/mol. The van der Waals surface area contributed by atoms with E-state index in [1.807, 2.05) is 18.4 Å². The van der Waals surface area contributed by atoms with Crippen LogP contribution in [-0.2, 0) is 10.3 Å². The van der Waals surface area contributed by atoms with Gasteiger partial charge in [0.05, 0.1) is 10.5 Å². The second-order valence-corrected chi connectivity index (χ2v) is 10.9. The molecule has 1 amide bonds. The number of anilines is 3. The maximum absolute atomic E-state index is 13.7. The van der Waals surface area contributed by atoms with E-state index in [0.717, 1.165) is 54.1 Å². The van der Waals surface area contributed by atoms with Crippen molar-refractivity contribution in [1.82, 2.24) is 19.8 Å². The van der Waals surface area contributed by atoms with E-state index in [1.165, 1.54) is 18.5 Å². The van der Waals surface area contributed by atoms with Crippen molar-refractivity contribution in [3.05, 3.63) is 53.1 Å². The number of carbonyl (C=O) groups is 1. The summed E-state index contributed by atoms with van der Waals surface area (Å²) in [5.41, 5.74) is 2.77. The lowest BCUT2D eigenvalue weighted by atomic mass is 9.88. The van der Waals surface area contributed by atoms with E-state index in [-0.39, 0.29) is 16.5 Å². The zero-order valence-corrected chi connectivity index (χ0v) is 22.6. The summed E-state index contributed by atoms with van der Waals surface area (Å²) in [6, 6.07) is 8.41. The van der Waals surface area contributed by atoms with Gasteiger partial charge in [0.2, 0.25) is 5.91 Å². The number of rotatable bonds is 8. The van der Waals surface area contributed by atoms with Crippen molar-refractivity contribution in [2.75, 3.05) is 55.9 Å². The van der Waals surface area contributed by atoms with Crippen LogP contribution in [0.15, 0.2) is 36.7 Å². The summed E-state index contributed by atoms with van der Waals surface area (Å²) in [7, 11) is 2.14. The molecule has 4 rings (SSSR count). The second-order valence-electron chi connectivity index (χ2n) is 9.53. The van der Waals surface area contributed by atoms with E-state index in [4.69, 9.17) is 11.6 Å². The number of hydrogen-bond donors (Lipinski definition) is 2. The molecule has 0 spiro atoms. The largest absolute Gasteiger partial charge is 0.340 e. The molecule has 7 nitrogen and oxygen atoms in total. The van der Waals surface area contributed by atoms with E-state index in [0.29, 0.717) is 17.9 Å². The van der Waals surface area contributed by atoms with Crippen molar-refractivity contribution >= 4 is 57.4 Å². The number of nitrogens with one attached hydrogen (secondary N) is 2. The Labute approximate surface area is 220 Å². The Morgan fingerprint density at radius 2 is 1.92 bits per heavy atom. The number of piperazine rings is 1. The fourth-order valence-electron chi connectivity index (χ4n) is 4.47. The van der Waals surface area contributed by atoms with Crippen molar-refractivity contribution < 1.29 is 9.18 Å². The molecule has 10 heteroatoms. The van der Waals surface area contributed by atoms with Gasteiger partial charge >= 0.3 is 0 Å². The molecular weight excluding hydrogens is 499 g/mol. The van der Waals surface area contributed by atoms with Crippen LogP contribution in [0.25, 0.3) is 10.9 Å². The molecule has 0 atom stereocenters. The quantitative estimate of drug-likeness (QED) is 0.407. The van der Waals surface area contributed by atoms with Gasteiger partial charge < -0.3 is 15.5 Å². The number of carbonyl (C=O) groups excluding carboxylic acids is 1. The summed E-state index contributed by atoms with van der Waals surface area (Å²) in [4.78, 5) is 26.5. The number of amides is 1. The van der Waals surface area contributed by atoms with Crippen LogP contribution in [0.1, 0.15) is 25.8 Å². The molecule has 1 aliphatic rings. The van der Waals surface area contributed by atoms with Gasteiger partial charge in [-0.15, -0.1) is 0 Å². The summed E-state index contributed by atoms with van der Waals surface area (Å²) in [5.74, 6) is 0.778. The van der Waals surface area contributed by atoms with Gasteiger partial charge in [0, 0.05) is 60.7 Å². The van der Waals surface area contributed by atoms with Crippen molar-refractivity contribution in [2.24, 2.45) is 0 Å². The highest BCUT2D eigenvalue weighted by Crippen LogP contribution is 2.38. The number of halogens is 2. The lowest BCUT2D eigenvalue weighted by molar-refractivity contribution is -0.115. The number of benzene rings is 2. The highest BCUT2D eigenvalue weighted by atomic mass is 35.5. The van der Waals surface area contributed by atoms with E-state index in [9.17, 15) is 9.18 Å².